The molecule has 0 bridgehead atoms. The standard InChI is InChI=1S/C57H35NS/c1-2-15-41(16-3-1)58(42-26-22-36-12-4-5-14-38(36)32-42)43-27-31-55-50(35-43)49-34-40(25-30-54(49)59-55)39-24-29-53-48(33-39)47-28-23-37-13-6-7-17-44(37)56(47)57(53)51-20-10-8-18-45(51)46-19-9-11-21-52(46)57/h1-35H. The first-order valence-electron chi connectivity index (χ1n) is 20.4. The van der Waals surface area contributed by atoms with Crippen LogP contribution < -0.4 is 4.90 Å². The van der Waals surface area contributed by atoms with Crippen molar-refractivity contribution in [2.75, 3.05) is 4.90 Å². The molecule has 0 radical (unpaired) electrons. The molecule has 10 aromatic carbocycles. The summed E-state index contributed by atoms with van der Waals surface area (Å²) in [6, 6.07) is 79.2. The molecule has 2 aliphatic carbocycles. The molecule has 0 saturated heterocycles. The molecular weight excluding hydrogens is 731 g/mol. The predicted molar refractivity (Wildman–Crippen MR) is 251 cm³/mol. The molecule has 13 rings (SSSR count). The number of benzene rings is 10. The second kappa shape index (κ2) is 12.4. The zero-order valence-corrected chi connectivity index (χ0v) is 32.9. The molecule has 59 heavy (non-hydrogen) atoms. The average Bonchev–Trinajstić information content (AvgIpc) is 3.93. The Balaban J connectivity index is 0.994. The normalized spacial score (nSPS) is 13.2. The van der Waals surface area contributed by atoms with Crippen molar-refractivity contribution < 1.29 is 0 Å². The topological polar surface area (TPSA) is 3.24 Å². The summed E-state index contributed by atoms with van der Waals surface area (Å²) in [7, 11) is 0. The van der Waals surface area contributed by atoms with Gasteiger partial charge in [-0.05, 0) is 138 Å². The van der Waals surface area contributed by atoms with Gasteiger partial charge in [-0.1, -0.05) is 152 Å². The van der Waals surface area contributed by atoms with Crippen LogP contribution in [0, 0.1) is 0 Å². The van der Waals surface area contributed by atoms with Crippen molar-refractivity contribution in [2.24, 2.45) is 0 Å². The summed E-state index contributed by atoms with van der Waals surface area (Å²) in [5.41, 5.74) is 16.3. The van der Waals surface area contributed by atoms with Gasteiger partial charge in [-0.3, -0.25) is 0 Å². The molecule has 0 aliphatic heterocycles. The molecule has 0 fully saturated rings. The van der Waals surface area contributed by atoms with Crippen LogP contribution in [0.2, 0.25) is 0 Å². The minimum Gasteiger partial charge on any atom is -0.310 e. The van der Waals surface area contributed by atoms with Crippen molar-refractivity contribution in [3.8, 4) is 33.4 Å². The Morgan fingerprint density at radius 2 is 0.898 bits per heavy atom. The minimum atomic E-state index is -0.392. The largest absolute Gasteiger partial charge is 0.310 e. The molecular formula is C57H35NS. The molecule has 1 aromatic heterocycles. The van der Waals surface area contributed by atoms with Gasteiger partial charge in [-0.15, -0.1) is 11.3 Å². The summed E-state index contributed by atoms with van der Waals surface area (Å²) in [6.07, 6.45) is 0. The van der Waals surface area contributed by atoms with Crippen LogP contribution in [0.5, 0.6) is 0 Å². The lowest BCUT2D eigenvalue weighted by Gasteiger charge is -2.31. The minimum absolute atomic E-state index is 0.392. The molecule has 0 saturated carbocycles. The maximum atomic E-state index is 2.47. The van der Waals surface area contributed by atoms with Crippen LogP contribution >= 0.6 is 11.3 Å². The number of rotatable bonds is 4. The van der Waals surface area contributed by atoms with E-state index in [0.29, 0.717) is 0 Å². The maximum Gasteiger partial charge on any atom is 0.0731 e. The van der Waals surface area contributed by atoms with E-state index >= 15 is 0 Å². The molecule has 1 nitrogen and oxygen atoms in total. The lowest BCUT2D eigenvalue weighted by Crippen LogP contribution is -2.26. The quantitative estimate of drug-likeness (QED) is 0.172. The summed E-state index contributed by atoms with van der Waals surface area (Å²) in [6.45, 7) is 0. The highest BCUT2D eigenvalue weighted by atomic mass is 32.1. The van der Waals surface area contributed by atoms with Crippen LogP contribution in [0.4, 0.5) is 17.1 Å². The van der Waals surface area contributed by atoms with E-state index in [2.05, 4.69) is 217 Å². The van der Waals surface area contributed by atoms with E-state index in [4.69, 9.17) is 0 Å². The van der Waals surface area contributed by atoms with Crippen molar-refractivity contribution >= 4 is 70.1 Å². The maximum absolute atomic E-state index is 2.47. The SMILES string of the molecule is c1ccc(N(c2ccc3ccccc3c2)c2ccc3sc4ccc(-c5ccc6c(c5)-c5ccc7ccccc7c5C65c6ccccc6-c6ccccc65)cc4c3c2)cc1. The van der Waals surface area contributed by atoms with Crippen LogP contribution in [0.1, 0.15) is 22.3 Å². The Labute approximate surface area is 346 Å². The molecule has 2 aliphatic rings. The Bertz CT molecular complexity index is 3470. The van der Waals surface area contributed by atoms with E-state index in [1.807, 2.05) is 11.3 Å². The molecule has 0 amide bonds. The monoisotopic (exact) mass is 765 g/mol. The van der Waals surface area contributed by atoms with Gasteiger partial charge in [0.05, 0.1) is 5.41 Å². The highest BCUT2D eigenvalue weighted by molar-refractivity contribution is 7.25. The summed E-state index contributed by atoms with van der Waals surface area (Å²) in [4.78, 5) is 2.38. The van der Waals surface area contributed by atoms with Gasteiger partial charge in [0, 0.05) is 37.2 Å². The van der Waals surface area contributed by atoms with Gasteiger partial charge in [0.1, 0.15) is 0 Å². The third kappa shape index (κ3) is 4.61. The zero-order chi connectivity index (χ0) is 38.7. The first kappa shape index (κ1) is 32.8. The first-order valence-corrected chi connectivity index (χ1v) is 21.2. The van der Waals surface area contributed by atoms with E-state index < -0.39 is 5.41 Å². The van der Waals surface area contributed by atoms with Gasteiger partial charge in [-0.2, -0.15) is 0 Å². The van der Waals surface area contributed by atoms with Crippen molar-refractivity contribution in [2.45, 2.75) is 5.41 Å². The fourth-order valence-corrected chi connectivity index (χ4v) is 11.6. The van der Waals surface area contributed by atoms with Crippen LogP contribution in [0.25, 0.3) is 75.1 Å². The number of hydrogen-bond donors (Lipinski definition) is 0. The Kier molecular flexibility index (Phi) is 6.87. The van der Waals surface area contributed by atoms with Crippen LogP contribution in [-0.4, -0.2) is 0 Å². The average molecular weight is 766 g/mol. The zero-order valence-electron chi connectivity index (χ0n) is 32.1. The fourth-order valence-electron chi connectivity index (χ4n) is 10.5. The first-order chi connectivity index (χ1) is 29.2. The van der Waals surface area contributed by atoms with E-state index in [0.717, 1.165) is 17.1 Å². The third-order valence-corrected chi connectivity index (χ3v) is 14.2. The number of hydrogen-bond acceptors (Lipinski definition) is 2. The molecule has 1 heterocycles. The van der Waals surface area contributed by atoms with Gasteiger partial charge in [-0.25, -0.2) is 0 Å². The fraction of sp³-hybridized carbons (Fsp3) is 0.0175. The molecule has 11 aromatic rings. The summed E-state index contributed by atoms with van der Waals surface area (Å²) >= 11 is 1.87. The molecule has 0 unspecified atom stereocenters. The van der Waals surface area contributed by atoms with Gasteiger partial charge >= 0.3 is 0 Å². The Hall–Kier alpha value is -7.26. The van der Waals surface area contributed by atoms with Crippen molar-refractivity contribution in [1.29, 1.82) is 0 Å². The Morgan fingerprint density at radius 3 is 1.71 bits per heavy atom. The number of anilines is 3. The van der Waals surface area contributed by atoms with Crippen LogP contribution in [0.15, 0.2) is 212 Å². The van der Waals surface area contributed by atoms with E-state index in [1.165, 1.54) is 97.4 Å². The van der Waals surface area contributed by atoms with Crippen molar-refractivity contribution in [3.63, 3.8) is 0 Å². The van der Waals surface area contributed by atoms with Crippen molar-refractivity contribution in [1.82, 2.24) is 0 Å². The summed E-state index contributed by atoms with van der Waals surface area (Å²) in [5, 5.41) is 7.65. The van der Waals surface area contributed by atoms with Crippen LogP contribution in [-0.2, 0) is 5.41 Å². The molecule has 1 spiro atoms. The van der Waals surface area contributed by atoms with Gasteiger partial charge in [0.15, 0.2) is 0 Å². The second-order valence-corrected chi connectivity index (χ2v) is 17.1. The molecule has 0 N–H and O–H groups in total. The smallest absolute Gasteiger partial charge is 0.0731 e. The van der Waals surface area contributed by atoms with Gasteiger partial charge in [0.2, 0.25) is 0 Å². The highest BCUT2D eigenvalue weighted by Gasteiger charge is 2.52. The number of nitrogens with zero attached hydrogens (tertiary/aromatic N) is 1. The van der Waals surface area contributed by atoms with E-state index in [9.17, 15) is 0 Å². The number of fused-ring (bicyclic) bond motifs is 16. The van der Waals surface area contributed by atoms with E-state index in [1.54, 1.807) is 0 Å². The summed E-state index contributed by atoms with van der Waals surface area (Å²) < 4.78 is 2.59. The Morgan fingerprint density at radius 1 is 0.322 bits per heavy atom. The lowest BCUT2D eigenvalue weighted by molar-refractivity contribution is 0.801. The summed E-state index contributed by atoms with van der Waals surface area (Å²) in [5.74, 6) is 0. The van der Waals surface area contributed by atoms with E-state index in [-0.39, 0.29) is 0 Å². The van der Waals surface area contributed by atoms with Crippen LogP contribution in [0.3, 0.4) is 0 Å². The molecule has 2 heteroatoms. The number of thiophene rings is 1. The highest BCUT2D eigenvalue weighted by Crippen LogP contribution is 2.64. The molecule has 274 valence electrons. The van der Waals surface area contributed by atoms with Gasteiger partial charge < -0.3 is 4.90 Å². The van der Waals surface area contributed by atoms with Gasteiger partial charge in [0.25, 0.3) is 0 Å². The lowest BCUT2D eigenvalue weighted by atomic mass is 9.69. The second-order valence-electron chi connectivity index (χ2n) is 16.0. The number of para-hydroxylation sites is 1. The predicted octanol–water partition coefficient (Wildman–Crippen LogP) is 15.8. The van der Waals surface area contributed by atoms with Crippen molar-refractivity contribution in [3.05, 3.63) is 235 Å². The molecule has 0 atom stereocenters. The third-order valence-electron chi connectivity index (χ3n) is 13.0.